The van der Waals surface area contributed by atoms with Gasteiger partial charge < -0.3 is 5.32 Å². The van der Waals surface area contributed by atoms with Crippen molar-refractivity contribution in [1.82, 2.24) is 5.32 Å². The van der Waals surface area contributed by atoms with Gasteiger partial charge in [0.15, 0.2) is 0 Å². The van der Waals surface area contributed by atoms with Crippen LogP contribution in [0.15, 0.2) is 18.2 Å². The minimum absolute atomic E-state index is 0.460. The molecule has 1 aliphatic carbocycles. The summed E-state index contributed by atoms with van der Waals surface area (Å²) in [5.74, 6) is 0. The van der Waals surface area contributed by atoms with Gasteiger partial charge in [0.25, 0.3) is 0 Å². The Bertz CT molecular complexity index is 402. The number of nitrogens with one attached hydrogen (secondary N) is 1. The molecular weight excluding hydrogens is 218 g/mol. The van der Waals surface area contributed by atoms with Crippen molar-refractivity contribution in [2.75, 3.05) is 6.54 Å². The summed E-state index contributed by atoms with van der Waals surface area (Å²) in [5.41, 5.74) is 4.73. The molecule has 0 amide bonds. The number of hydrogen-bond acceptors (Lipinski definition) is 1. The Hall–Kier alpha value is -0.820. The van der Waals surface area contributed by atoms with Gasteiger partial charge >= 0.3 is 0 Å². The SMILES string of the molecule is Cc1ccc(C(C)NCC2(C)CCCC2)cc1C. The van der Waals surface area contributed by atoms with E-state index < -0.39 is 0 Å². The van der Waals surface area contributed by atoms with E-state index in [-0.39, 0.29) is 0 Å². The second kappa shape index (κ2) is 5.44. The second-order valence-corrected chi connectivity index (χ2v) is 6.46. The zero-order chi connectivity index (χ0) is 13.2. The molecule has 0 aliphatic heterocycles. The monoisotopic (exact) mass is 245 g/mol. The molecule has 0 spiro atoms. The van der Waals surface area contributed by atoms with Gasteiger partial charge in [-0.3, -0.25) is 0 Å². The van der Waals surface area contributed by atoms with Crippen LogP contribution in [0.2, 0.25) is 0 Å². The summed E-state index contributed by atoms with van der Waals surface area (Å²) in [7, 11) is 0. The van der Waals surface area contributed by atoms with E-state index in [1.54, 1.807) is 0 Å². The maximum absolute atomic E-state index is 3.73. The Morgan fingerprint density at radius 3 is 2.44 bits per heavy atom. The summed E-state index contributed by atoms with van der Waals surface area (Å²) in [4.78, 5) is 0. The molecule has 18 heavy (non-hydrogen) atoms. The van der Waals surface area contributed by atoms with Gasteiger partial charge in [0.1, 0.15) is 0 Å². The van der Waals surface area contributed by atoms with Crippen LogP contribution in [0.3, 0.4) is 0 Å². The highest BCUT2D eigenvalue weighted by Gasteiger charge is 2.28. The summed E-state index contributed by atoms with van der Waals surface area (Å²) >= 11 is 0. The molecule has 1 fully saturated rings. The maximum Gasteiger partial charge on any atom is 0.0292 e. The smallest absolute Gasteiger partial charge is 0.0292 e. The molecule has 1 atom stereocenters. The summed E-state index contributed by atoms with van der Waals surface area (Å²) in [6.45, 7) is 10.2. The van der Waals surface area contributed by atoms with Crippen LogP contribution < -0.4 is 5.32 Å². The standard InChI is InChI=1S/C17H27N/c1-13-7-8-16(11-14(13)2)15(3)18-12-17(4)9-5-6-10-17/h7-8,11,15,18H,5-6,9-10,12H2,1-4H3. The van der Waals surface area contributed by atoms with Crippen molar-refractivity contribution in [3.8, 4) is 0 Å². The lowest BCUT2D eigenvalue weighted by atomic mass is 9.88. The predicted molar refractivity (Wildman–Crippen MR) is 78.9 cm³/mol. The first-order chi connectivity index (χ1) is 8.50. The van der Waals surface area contributed by atoms with Crippen LogP contribution in [0.5, 0.6) is 0 Å². The molecular formula is C17H27N. The van der Waals surface area contributed by atoms with Gasteiger partial charge in [-0.05, 0) is 55.7 Å². The maximum atomic E-state index is 3.73. The molecule has 2 rings (SSSR count). The average molecular weight is 245 g/mol. The van der Waals surface area contributed by atoms with Crippen LogP contribution in [0.4, 0.5) is 0 Å². The molecule has 0 bridgehead atoms. The Labute approximate surface area is 112 Å². The Morgan fingerprint density at radius 2 is 1.83 bits per heavy atom. The molecule has 1 aromatic rings. The van der Waals surface area contributed by atoms with Crippen LogP contribution in [-0.4, -0.2) is 6.54 Å². The van der Waals surface area contributed by atoms with Crippen LogP contribution in [0, 0.1) is 19.3 Å². The fourth-order valence-electron chi connectivity index (χ4n) is 2.96. The molecule has 0 radical (unpaired) electrons. The van der Waals surface area contributed by atoms with E-state index in [9.17, 15) is 0 Å². The normalized spacial score (nSPS) is 20.0. The first-order valence-electron chi connectivity index (χ1n) is 7.31. The van der Waals surface area contributed by atoms with E-state index in [4.69, 9.17) is 0 Å². The Kier molecular flexibility index (Phi) is 4.11. The van der Waals surface area contributed by atoms with E-state index in [1.165, 1.54) is 42.4 Å². The molecule has 100 valence electrons. The van der Waals surface area contributed by atoms with E-state index >= 15 is 0 Å². The van der Waals surface area contributed by atoms with E-state index in [2.05, 4.69) is 51.2 Å². The summed E-state index contributed by atoms with van der Waals surface area (Å²) in [6, 6.07) is 7.28. The van der Waals surface area contributed by atoms with Crippen molar-refractivity contribution in [3.63, 3.8) is 0 Å². The lowest BCUT2D eigenvalue weighted by molar-refractivity contribution is 0.302. The van der Waals surface area contributed by atoms with Gasteiger partial charge in [0, 0.05) is 12.6 Å². The van der Waals surface area contributed by atoms with Crippen LogP contribution in [0.1, 0.15) is 62.3 Å². The van der Waals surface area contributed by atoms with Crippen molar-refractivity contribution < 1.29 is 0 Å². The minimum Gasteiger partial charge on any atom is -0.310 e. The lowest BCUT2D eigenvalue weighted by Gasteiger charge is -2.26. The lowest BCUT2D eigenvalue weighted by Crippen LogP contribution is -2.31. The van der Waals surface area contributed by atoms with Crippen molar-refractivity contribution in [1.29, 1.82) is 0 Å². The van der Waals surface area contributed by atoms with Crippen molar-refractivity contribution in [3.05, 3.63) is 34.9 Å². The van der Waals surface area contributed by atoms with Gasteiger partial charge in [-0.15, -0.1) is 0 Å². The zero-order valence-electron chi connectivity index (χ0n) is 12.3. The third kappa shape index (κ3) is 3.14. The van der Waals surface area contributed by atoms with E-state index in [1.807, 2.05) is 0 Å². The molecule has 1 heteroatoms. The largest absolute Gasteiger partial charge is 0.310 e. The van der Waals surface area contributed by atoms with Gasteiger partial charge in [-0.1, -0.05) is 38.0 Å². The molecule has 1 saturated carbocycles. The minimum atomic E-state index is 0.460. The van der Waals surface area contributed by atoms with Crippen LogP contribution >= 0.6 is 0 Å². The Morgan fingerprint density at radius 1 is 1.17 bits per heavy atom. The molecule has 1 N–H and O–H groups in total. The fraction of sp³-hybridized carbons (Fsp3) is 0.647. The zero-order valence-corrected chi connectivity index (χ0v) is 12.3. The molecule has 0 heterocycles. The van der Waals surface area contributed by atoms with E-state index in [0.717, 1.165) is 6.54 Å². The highest BCUT2D eigenvalue weighted by atomic mass is 14.9. The second-order valence-electron chi connectivity index (χ2n) is 6.46. The van der Waals surface area contributed by atoms with Gasteiger partial charge in [0.05, 0.1) is 0 Å². The first-order valence-corrected chi connectivity index (χ1v) is 7.31. The van der Waals surface area contributed by atoms with Gasteiger partial charge in [0.2, 0.25) is 0 Å². The van der Waals surface area contributed by atoms with Crippen molar-refractivity contribution >= 4 is 0 Å². The number of hydrogen-bond donors (Lipinski definition) is 1. The molecule has 0 aromatic heterocycles. The summed E-state index contributed by atoms with van der Waals surface area (Å²) in [6.07, 6.45) is 5.60. The first kappa shape index (κ1) is 13.6. The van der Waals surface area contributed by atoms with Crippen LogP contribution in [-0.2, 0) is 0 Å². The van der Waals surface area contributed by atoms with Crippen molar-refractivity contribution in [2.24, 2.45) is 5.41 Å². The van der Waals surface area contributed by atoms with Gasteiger partial charge in [-0.2, -0.15) is 0 Å². The highest BCUT2D eigenvalue weighted by molar-refractivity contribution is 5.31. The average Bonchev–Trinajstić information content (AvgIpc) is 2.77. The third-order valence-corrected chi connectivity index (χ3v) is 4.68. The molecule has 1 unspecified atom stereocenters. The summed E-state index contributed by atoms with van der Waals surface area (Å²) in [5, 5.41) is 3.73. The molecule has 1 nitrogen and oxygen atoms in total. The predicted octanol–water partition coefficient (Wildman–Crippen LogP) is 4.53. The van der Waals surface area contributed by atoms with Gasteiger partial charge in [-0.25, -0.2) is 0 Å². The quantitative estimate of drug-likeness (QED) is 0.821. The Balaban J connectivity index is 1.94. The molecule has 1 aliphatic rings. The fourth-order valence-corrected chi connectivity index (χ4v) is 2.96. The number of benzene rings is 1. The van der Waals surface area contributed by atoms with E-state index in [0.29, 0.717) is 11.5 Å². The number of aryl methyl sites for hydroxylation is 2. The highest BCUT2D eigenvalue weighted by Crippen LogP contribution is 2.37. The summed E-state index contributed by atoms with van der Waals surface area (Å²) < 4.78 is 0. The third-order valence-electron chi connectivity index (χ3n) is 4.68. The van der Waals surface area contributed by atoms with Crippen LogP contribution in [0.25, 0.3) is 0 Å². The molecule has 0 saturated heterocycles. The van der Waals surface area contributed by atoms with Crippen molar-refractivity contribution in [2.45, 2.75) is 59.4 Å². The topological polar surface area (TPSA) is 12.0 Å². The number of rotatable bonds is 4. The molecule has 1 aromatic carbocycles.